The van der Waals surface area contributed by atoms with Crippen LogP contribution in [-0.4, -0.2) is 35.3 Å². The molecular weight excluding hydrogens is 342 g/mol. The summed E-state index contributed by atoms with van der Waals surface area (Å²) in [5, 5.41) is 1.19. The molecule has 0 aliphatic carbocycles. The van der Waals surface area contributed by atoms with E-state index in [1.54, 1.807) is 11.3 Å². The van der Waals surface area contributed by atoms with Gasteiger partial charge in [0.25, 0.3) is 0 Å². The zero-order valence-corrected chi connectivity index (χ0v) is 16.4. The lowest BCUT2D eigenvalue weighted by Crippen LogP contribution is -2.46. The highest BCUT2D eigenvalue weighted by molar-refractivity contribution is 7.18. The van der Waals surface area contributed by atoms with Gasteiger partial charge in [-0.05, 0) is 31.9 Å². The number of hydrogen-bond donors (Lipinski definition) is 0. The van der Waals surface area contributed by atoms with Crippen molar-refractivity contribution in [2.24, 2.45) is 0 Å². The number of rotatable bonds is 4. The van der Waals surface area contributed by atoms with E-state index in [9.17, 15) is 0 Å². The monoisotopic (exact) mass is 367 g/mol. The molecule has 5 heteroatoms. The fourth-order valence-corrected chi connectivity index (χ4v) is 4.60. The topological polar surface area (TPSA) is 38.2 Å². The number of aryl methyl sites for hydroxylation is 1. The van der Waals surface area contributed by atoms with E-state index in [2.05, 4.69) is 56.0 Å². The van der Waals surface area contributed by atoms with Crippen molar-refractivity contribution < 1.29 is 4.74 Å². The Morgan fingerprint density at radius 3 is 2.54 bits per heavy atom. The molecule has 136 valence electrons. The molecule has 26 heavy (non-hydrogen) atoms. The van der Waals surface area contributed by atoms with E-state index in [1.807, 2.05) is 6.07 Å². The summed E-state index contributed by atoms with van der Waals surface area (Å²) < 4.78 is 5.92. The molecule has 1 aromatic carbocycles. The predicted octanol–water partition coefficient (Wildman–Crippen LogP) is 4.46. The zero-order valence-electron chi connectivity index (χ0n) is 15.6. The molecule has 1 aliphatic rings. The molecule has 0 bridgehead atoms. The third-order valence-electron chi connectivity index (χ3n) is 4.74. The maximum atomic E-state index is 5.92. The number of anilines is 1. The number of morpholine rings is 1. The second-order valence-electron chi connectivity index (χ2n) is 7.07. The van der Waals surface area contributed by atoms with E-state index < -0.39 is 0 Å². The first kappa shape index (κ1) is 17.4. The van der Waals surface area contributed by atoms with Gasteiger partial charge in [0.2, 0.25) is 0 Å². The summed E-state index contributed by atoms with van der Waals surface area (Å²) in [6, 6.07) is 12.7. The maximum Gasteiger partial charge on any atom is 0.141 e. The van der Waals surface area contributed by atoms with Gasteiger partial charge in [-0.2, -0.15) is 0 Å². The van der Waals surface area contributed by atoms with E-state index in [0.29, 0.717) is 0 Å². The predicted molar refractivity (Wildman–Crippen MR) is 108 cm³/mol. The second kappa shape index (κ2) is 7.33. The van der Waals surface area contributed by atoms with E-state index in [4.69, 9.17) is 14.7 Å². The molecule has 0 N–H and O–H groups in total. The van der Waals surface area contributed by atoms with Crippen molar-refractivity contribution >= 4 is 27.4 Å². The Morgan fingerprint density at radius 2 is 1.85 bits per heavy atom. The van der Waals surface area contributed by atoms with Gasteiger partial charge in [-0.15, -0.1) is 11.3 Å². The van der Waals surface area contributed by atoms with Crippen LogP contribution in [0.4, 0.5) is 5.82 Å². The van der Waals surface area contributed by atoms with E-state index in [-0.39, 0.29) is 12.2 Å². The Balaban J connectivity index is 1.77. The first-order valence-electron chi connectivity index (χ1n) is 9.36. The smallest absolute Gasteiger partial charge is 0.141 e. The Hall–Kier alpha value is -1.98. The maximum absolute atomic E-state index is 5.92. The molecular formula is C21H25N3OS. The average Bonchev–Trinajstić information content (AvgIpc) is 3.04. The van der Waals surface area contributed by atoms with Crippen LogP contribution in [0, 0.1) is 0 Å². The van der Waals surface area contributed by atoms with E-state index in [1.165, 1.54) is 15.8 Å². The summed E-state index contributed by atoms with van der Waals surface area (Å²) >= 11 is 1.79. The Bertz CT molecular complexity index is 883. The van der Waals surface area contributed by atoms with Crippen molar-refractivity contribution in [2.45, 2.75) is 45.8 Å². The zero-order chi connectivity index (χ0) is 18.1. The van der Waals surface area contributed by atoms with Crippen LogP contribution in [0.2, 0.25) is 0 Å². The van der Waals surface area contributed by atoms with Gasteiger partial charge in [-0.1, -0.05) is 37.3 Å². The number of thiophene rings is 1. The molecule has 3 aromatic rings. The molecule has 3 heterocycles. The van der Waals surface area contributed by atoms with Crippen LogP contribution in [0.5, 0.6) is 0 Å². The van der Waals surface area contributed by atoms with Gasteiger partial charge >= 0.3 is 0 Å². The molecule has 0 saturated carbocycles. The fourth-order valence-electron chi connectivity index (χ4n) is 3.62. The molecule has 2 unspecified atom stereocenters. The third kappa shape index (κ3) is 3.60. The molecule has 0 radical (unpaired) electrons. The first-order chi connectivity index (χ1) is 12.6. The summed E-state index contributed by atoms with van der Waals surface area (Å²) in [5.41, 5.74) is 1.24. The summed E-state index contributed by atoms with van der Waals surface area (Å²) in [6.45, 7) is 8.21. The van der Waals surface area contributed by atoms with Crippen LogP contribution in [0.15, 0.2) is 36.4 Å². The molecule has 1 saturated heterocycles. The minimum absolute atomic E-state index is 0.214. The molecule has 4 rings (SSSR count). The van der Waals surface area contributed by atoms with Gasteiger partial charge in [0.1, 0.15) is 16.5 Å². The third-order valence-corrected chi connectivity index (χ3v) is 5.92. The quantitative estimate of drug-likeness (QED) is 0.682. The minimum atomic E-state index is 0.214. The van der Waals surface area contributed by atoms with Crippen LogP contribution in [-0.2, 0) is 17.6 Å². The summed E-state index contributed by atoms with van der Waals surface area (Å²) in [4.78, 5) is 14.7. The molecule has 4 nitrogen and oxygen atoms in total. The van der Waals surface area contributed by atoms with Crippen molar-refractivity contribution in [2.75, 3.05) is 18.0 Å². The molecule has 1 fully saturated rings. The van der Waals surface area contributed by atoms with Gasteiger partial charge in [-0.3, -0.25) is 0 Å². The number of ether oxygens (including phenoxy) is 1. The summed E-state index contributed by atoms with van der Waals surface area (Å²) in [5.74, 6) is 1.97. The van der Waals surface area contributed by atoms with Crippen molar-refractivity contribution in [3.8, 4) is 0 Å². The van der Waals surface area contributed by atoms with Gasteiger partial charge in [0, 0.05) is 24.4 Å². The number of nitrogens with zero attached hydrogens (tertiary/aromatic N) is 3. The molecule has 0 spiro atoms. The lowest BCUT2D eigenvalue weighted by Gasteiger charge is -2.36. The van der Waals surface area contributed by atoms with Gasteiger partial charge in [-0.25, -0.2) is 9.97 Å². The average molecular weight is 368 g/mol. The van der Waals surface area contributed by atoms with Crippen LogP contribution in [0.25, 0.3) is 10.2 Å². The van der Waals surface area contributed by atoms with Crippen molar-refractivity contribution in [1.82, 2.24) is 9.97 Å². The lowest BCUT2D eigenvalue weighted by molar-refractivity contribution is -0.00538. The molecule has 0 amide bonds. The van der Waals surface area contributed by atoms with Crippen LogP contribution < -0.4 is 4.90 Å². The standard InChI is InChI=1S/C21H25N3OS/c1-4-17-11-18-20(24-12-14(2)25-15(3)13-24)22-19(23-21(18)26-17)10-16-8-6-5-7-9-16/h5-9,11,14-15H,4,10,12-13H2,1-3H3. The molecule has 2 aromatic heterocycles. The molecule has 1 aliphatic heterocycles. The normalized spacial score (nSPS) is 20.7. The van der Waals surface area contributed by atoms with Crippen molar-refractivity contribution in [3.05, 3.63) is 52.7 Å². The van der Waals surface area contributed by atoms with Gasteiger partial charge in [0.05, 0.1) is 17.6 Å². The summed E-state index contributed by atoms with van der Waals surface area (Å²) in [7, 11) is 0. The Labute approximate surface area is 158 Å². The minimum Gasteiger partial charge on any atom is -0.372 e. The van der Waals surface area contributed by atoms with E-state index >= 15 is 0 Å². The number of hydrogen-bond acceptors (Lipinski definition) is 5. The van der Waals surface area contributed by atoms with Crippen LogP contribution in [0.3, 0.4) is 0 Å². The highest BCUT2D eigenvalue weighted by Crippen LogP contribution is 2.33. The molecule has 2 atom stereocenters. The van der Waals surface area contributed by atoms with Gasteiger partial charge < -0.3 is 9.64 Å². The fraction of sp³-hybridized carbons (Fsp3) is 0.429. The van der Waals surface area contributed by atoms with Gasteiger partial charge in [0.15, 0.2) is 0 Å². The van der Waals surface area contributed by atoms with Crippen LogP contribution >= 0.6 is 11.3 Å². The number of benzene rings is 1. The first-order valence-corrected chi connectivity index (χ1v) is 10.2. The lowest BCUT2D eigenvalue weighted by atomic mass is 10.1. The highest BCUT2D eigenvalue weighted by atomic mass is 32.1. The SMILES string of the molecule is CCc1cc2c(N3CC(C)OC(C)C3)nc(Cc3ccccc3)nc2s1. The van der Waals surface area contributed by atoms with Crippen molar-refractivity contribution in [1.29, 1.82) is 0 Å². The summed E-state index contributed by atoms with van der Waals surface area (Å²) in [6.07, 6.45) is 2.22. The second-order valence-corrected chi connectivity index (χ2v) is 8.19. The Kier molecular flexibility index (Phi) is 4.92. The van der Waals surface area contributed by atoms with Crippen molar-refractivity contribution in [3.63, 3.8) is 0 Å². The van der Waals surface area contributed by atoms with E-state index in [0.717, 1.165) is 42.4 Å². The number of aromatic nitrogens is 2. The number of fused-ring (bicyclic) bond motifs is 1. The highest BCUT2D eigenvalue weighted by Gasteiger charge is 2.26. The largest absolute Gasteiger partial charge is 0.372 e. The Morgan fingerprint density at radius 1 is 1.12 bits per heavy atom. The van der Waals surface area contributed by atoms with Crippen LogP contribution in [0.1, 0.15) is 37.0 Å².